The fraction of sp³-hybridized carbons (Fsp3) is 0.500. The van der Waals surface area contributed by atoms with Crippen molar-refractivity contribution < 1.29 is 9.90 Å². The van der Waals surface area contributed by atoms with Crippen LogP contribution in [0.1, 0.15) is 5.56 Å². The van der Waals surface area contributed by atoms with E-state index in [1.54, 1.807) is 35.7 Å². The summed E-state index contributed by atoms with van der Waals surface area (Å²) in [7, 11) is 0. The molecule has 2 amide bonds. The Morgan fingerprint density at radius 1 is 1.19 bits per heavy atom. The Bertz CT molecular complexity index is 463. The highest BCUT2D eigenvalue weighted by molar-refractivity contribution is 8.03. The average molecular weight is 347 g/mol. The second-order valence-corrected chi connectivity index (χ2v) is 7.64. The number of aliphatic hydroxyl groups is 1. The van der Waals surface area contributed by atoms with E-state index in [0.29, 0.717) is 23.1 Å². The summed E-state index contributed by atoms with van der Waals surface area (Å²) in [4.78, 5) is 11.8. The van der Waals surface area contributed by atoms with Crippen LogP contribution in [0.4, 0.5) is 4.79 Å². The highest BCUT2D eigenvalue weighted by Gasteiger charge is 2.29. The molecule has 21 heavy (non-hydrogen) atoms. The summed E-state index contributed by atoms with van der Waals surface area (Å²) in [5.41, 5.74) is 0.164. The zero-order valence-electron chi connectivity index (χ0n) is 11.6. The van der Waals surface area contributed by atoms with Crippen molar-refractivity contribution in [2.75, 3.05) is 29.6 Å². The van der Waals surface area contributed by atoms with Crippen molar-refractivity contribution in [3.63, 3.8) is 0 Å². The SMILES string of the molecule is O=C(NCc1ccc(Cl)cc1)NCC1(O)CSCCSC1. The quantitative estimate of drug-likeness (QED) is 0.783. The van der Waals surface area contributed by atoms with E-state index in [1.807, 2.05) is 12.1 Å². The van der Waals surface area contributed by atoms with Gasteiger partial charge in [-0.25, -0.2) is 4.79 Å². The molecule has 0 saturated carbocycles. The molecule has 0 atom stereocenters. The van der Waals surface area contributed by atoms with Crippen LogP contribution < -0.4 is 10.6 Å². The van der Waals surface area contributed by atoms with Crippen molar-refractivity contribution in [1.82, 2.24) is 10.6 Å². The van der Waals surface area contributed by atoms with Crippen LogP contribution >= 0.6 is 35.1 Å². The molecule has 0 aliphatic carbocycles. The standard InChI is InChI=1S/C14H19ClN2O2S2/c15-12-3-1-11(2-4-12)7-16-13(18)17-8-14(19)9-20-5-6-21-10-14/h1-4,19H,5-10H2,(H2,16,17,18). The van der Waals surface area contributed by atoms with Crippen molar-refractivity contribution in [1.29, 1.82) is 0 Å². The fourth-order valence-corrected chi connectivity index (χ4v) is 4.53. The van der Waals surface area contributed by atoms with Gasteiger partial charge >= 0.3 is 6.03 Å². The van der Waals surface area contributed by atoms with Gasteiger partial charge in [0.2, 0.25) is 0 Å². The highest BCUT2D eigenvalue weighted by atomic mass is 35.5. The third kappa shape index (κ3) is 5.98. The van der Waals surface area contributed by atoms with Crippen molar-refractivity contribution in [2.24, 2.45) is 0 Å². The van der Waals surface area contributed by atoms with Gasteiger partial charge in [-0.1, -0.05) is 23.7 Å². The largest absolute Gasteiger partial charge is 0.386 e. The topological polar surface area (TPSA) is 61.4 Å². The Labute approximate surface area is 138 Å². The monoisotopic (exact) mass is 346 g/mol. The Kier molecular flexibility index (Phi) is 6.54. The fourth-order valence-electron chi connectivity index (χ4n) is 1.88. The first-order valence-corrected chi connectivity index (χ1v) is 9.40. The van der Waals surface area contributed by atoms with Gasteiger partial charge in [0.25, 0.3) is 0 Å². The number of nitrogens with one attached hydrogen (secondary N) is 2. The van der Waals surface area contributed by atoms with Crippen LogP contribution in [0.3, 0.4) is 0 Å². The molecule has 4 nitrogen and oxygen atoms in total. The second kappa shape index (κ2) is 8.17. The van der Waals surface area contributed by atoms with Gasteiger partial charge in [0.1, 0.15) is 0 Å². The molecule has 3 N–H and O–H groups in total. The predicted molar refractivity (Wildman–Crippen MR) is 91.3 cm³/mol. The molecule has 2 rings (SSSR count). The van der Waals surface area contributed by atoms with Crippen molar-refractivity contribution >= 4 is 41.2 Å². The summed E-state index contributed by atoms with van der Waals surface area (Å²) < 4.78 is 0. The lowest BCUT2D eigenvalue weighted by Crippen LogP contribution is -2.49. The molecule has 1 heterocycles. The molecule has 0 radical (unpaired) electrons. The molecule has 1 aliphatic rings. The van der Waals surface area contributed by atoms with E-state index in [9.17, 15) is 9.90 Å². The molecule has 7 heteroatoms. The van der Waals surface area contributed by atoms with E-state index in [0.717, 1.165) is 17.1 Å². The van der Waals surface area contributed by atoms with Gasteiger partial charge in [-0.15, -0.1) is 0 Å². The van der Waals surface area contributed by atoms with E-state index < -0.39 is 5.60 Å². The molecule has 1 aliphatic heterocycles. The number of amides is 2. The number of hydrogen-bond acceptors (Lipinski definition) is 4. The zero-order valence-corrected chi connectivity index (χ0v) is 14.0. The van der Waals surface area contributed by atoms with Crippen LogP contribution in [0.15, 0.2) is 24.3 Å². The average Bonchev–Trinajstić information content (AvgIpc) is 2.70. The lowest BCUT2D eigenvalue weighted by atomic mass is 10.1. The lowest BCUT2D eigenvalue weighted by Gasteiger charge is -2.25. The minimum atomic E-state index is -0.816. The number of thioether (sulfide) groups is 2. The molecular weight excluding hydrogens is 328 g/mol. The first-order chi connectivity index (χ1) is 10.1. The maximum Gasteiger partial charge on any atom is 0.315 e. The summed E-state index contributed by atoms with van der Waals surface area (Å²) in [5, 5.41) is 16.6. The van der Waals surface area contributed by atoms with Crippen molar-refractivity contribution in [3.8, 4) is 0 Å². The van der Waals surface area contributed by atoms with Gasteiger partial charge in [-0.05, 0) is 17.7 Å². The Morgan fingerprint density at radius 2 is 1.81 bits per heavy atom. The van der Waals surface area contributed by atoms with Gasteiger partial charge < -0.3 is 15.7 Å². The maximum atomic E-state index is 11.8. The summed E-state index contributed by atoms with van der Waals surface area (Å²) >= 11 is 9.27. The Balaban J connectivity index is 1.72. The van der Waals surface area contributed by atoms with E-state index in [-0.39, 0.29) is 12.6 Å². The maximum absolute atomic E-state index is 11.8. The molecular formula is C14H19ClN2O2S2. The number of carbonyl (C=O) groups is 1. The Morgan fingerprint density at radius 3 is 2.43 bits per heavy atom. The molecule has 0 unspecified atom stereocenters. The van der Waals surface area contributed by atoms with Crippen molar-refractivity contribution in [3.05, 3.63) is 34.9 Å². The number of carbonyl (C=O) groups excluding carboxylic acids is 1. The van der Waals surface area contributed by atoms with Crippen LogP contribution in [0.5, 0.6) is 0 Å². The summed E-state index contributed by atoms with van der Waals surface area (Å²) in [6.07, 6.45) is 0. The third-order valence-electron chi connectivity index (χ3n) is 3.06. The predicted octanol–water partition coefficient (Wildman–Crippen LogP) is 2.35. The highest BCUT2D eigenvalue weighted by Crippen LogP contribution is 2.24. The molecule has 1 aromatic rings. The number of urea groups is 1. The number of benzene rings is 1. The van der Waals surface area contributed by atoms with Crippen LogP contribution in [0, 0.1) is 0 Å². The van der Waals surface area contributed by atoms with E-state index in [1.165, 1.54) is 0 Å². The summed E-state index contributed by atoms with van der Waals surface area (Å²) in [5.74, 6) is 3.43. The van der Waals surface area contributed by atoms with Crippen LogP contribution in [0.2, 0.25) is 5.02 Å². The van der Waals surface area contributed by atoms with Gasteiger partial charge in [0, 0.05) is 41.1 Å². The van der Waals surface area contributed by atoms with E-state index in [4.69, 9.17) is 11.6 Å². The van der Waals surface area contributed by atoms with Gasteiger partial charge in [-0.2, -0.15) is 23.5 Å². The van der Waals surface area contributed by atoms with Crippen LogP contribution in [-0.2, 0) is 6.54 Å². The van der Waals surface area contributed by atoms with Crippen molar-refractivity contribution in [2.45, 2.75) is 12.1 Å². The normalized spacial score (nSPS) is 17.8. The summed E-state index contributed by atoms with van der Waals surface area (Å²) in [6.45, 7) is 0.713. The lowest BCUT2D eigenvalue weighted by molar-refractivity contribution is 0.0921. The first kappa shape index (κ1) is 16.8. The zero-order chi connectivity index (χ0) is 15.1. The molecule has 0 bridgehead atoms. The number of halogens is 1. The molecule has 1 aromatic carbocycles. The molecule has 116 valence electrons. The molecule has 1 saturated heterocycles. The summed E-state index contributed by atoms with van der Waals surface area (Å²) in [6, 6.07) is 7.06. The minimum Gasteiger partial charge on any atom is -0.386 e. The minimum absolute atomic E-state index is 0.266. The van der Waals surface area contributed by atoms with E-state index in [2.05, 4.69) is 10.6 Å². The smallest absolute Gasteiger partial charge is 0.315 e. The Hall–Kier alpha value is -0.560. The van der Waals surface area contributed by atoms with Gasteiger partial charge in [-0.3, -0.25) is 0 Å². The molecule has 0 spiro atoms. The first-order valence-electron chi connectivity index (χ1n) is 6.71. The van der Waals surface area contributed by atoms with Crippen LogP contribution in [-0.4, -0.2) is 46.3 Å². The molecule has 1 fully saturated rings. The van der Waals surface area contributed by atoms with Crippen LogP contribution in [0.25, 0.3) is 0 Å². The second-order valence-electron chi connectivity index (χ2n) is 4.99. The third-order valence-corrected chi connectivity index (χ3v) is 6.04. The van der Waals surface area contributed by atoms with Gasteiger partial charge in [0.05, 0.1) is 5.60 Å². The van der Waals surface area contributed by atoms with E-state index >= 15 is 0 Å². The number of rotatable bonds is 4. The molecule has 0 aromatic heterocycles. The number of hydrogen-bond donors (Lipinski definition) is 3. The van der Waals surface area contributed by atoms with Gasteiger partial charge in [0.15, 0.2) is 0 Å².